The van der Waals surface area contributed by atoms with Gasteiger partial charge in [0.15, 0.2) is 0 Å². The van der Waals surface area contributed by atoms with Crippen molar-refractivity contribution in [3.05, 3.63) is 71.5 Å². The van der Waals surface area contributed by atoms with E-state index in [0.29, 0.717) is 12.0 Å². The minimum absolute atomic E-state index is 0.154. The van der Waals surface area contributed by atoms with Crippen LogP contribution in [0.25, 0.3) is 0 Å². The molecule has 2 aromatic carbocycles. The van der Waals surface area contributed by atoms with Gasteiger partial charge in [0.05, 0.1) is 0 Å². The van der Waals surface area contributed by atoms with Gasteiger partial charge in [0.2, 0.25) is 0 Å². The normalized spacial score (nSPS) is 22.5. The monoisotopic (exact) mass is 269 g/mol. The molecular formula is C18H20FN. The molecule has 0 radical (unpaired) electrons. The van der Waals surface area contributed by atoms with E-state index in [1.165, 1.54) is 18.1 Å². The van der Waals surface area contributed by atoms with Crippen LogP contribution < -0.4 is 5.32 Å². The molecule has 104 valence electrons. The highest BCUT2D eigenvalue weighted by Crippen LogP contribution is 2.42. The van der Waals surface area contributed by atoms with Crippen LogP contribution in [-0.4, -0.2) is 6.04 Å². The molecule has 0 aromatic heterocycles. The van der Waals surface area contributed by atoms with Gasteiger partial charge in [-0.15, -0.1) is 0 Å². The molecule has 3 rings (SSSR count). The summed E-state index contributed by atoms with van der Waals surface area (Å²) in [6.07, 6.45) is 2.15. The van der Waals surface area contributed by atoms with Crippen LogP contribution in [0.5, 0.6) is 0 Å². The Morgan fingerprint density at radius 2 is 1.95 bits per heavy atom. The lowest BCUT2D eigenvalue weighted by atomic mass is 10.0. The maximum Gasteiger partial charge on any atom is 0.123 e. The predicted molar refractivity (Wildman–Crippen MR) is 80.2 cm³/mol. The SMILES string of the molecule is CCC(NC1CC1c1ccccc1)c1cccc(F)c1. The highest BCUT2D eigenvalue weighted by Gasteiger charge is 2.39. The lowest BCUT2D eigenvalue weighted by molar-refractivity contribution is 0.506. The Morgan fingerprint density at radius 1 is 1.15 bits per heavy atom. The number of nitrogens with one attached hydrogen (secondary N) is 1. The Bertz CT molecular complexity index is 567. The Labute approximate surface area is 119 Å². The van der Waals surface area contributed by atoms with Crippen molar-refractivity contribution in [3.8, 4) is 0 Å². The van der Waals surface area contributed by atoms with E-state index in [-0.39, 0.29) is 11.9 Å². The van der Waals surface area contributed by atoms with Crippen molar-refractivity contribution < 1.29 is 4.39 Å². The van der Waals surface area contributed by atoms with Crippen LogP contribution in [0, 0.1) is 5.82 Å². The second-order valence-corrected chi connectivity index (χ2v) is 5.54. The number of benzene rings is 2. The topological polar surface area (TPSA) is 12.0 Å². The van der Waals surface area contributed by atoms with Crippen LogP contribution in [0.3, 0.4) is 0 Å². The highest BCUT2D eigenvalue weighted by molar-refractivity contribution is 5.29. The van der Waals surface area contributed by atoms with Crippen molar-refractivity contribution in [3.63, 3.8) is 0 Å². The molecule has 3 unspecified atom stereocenters. The van der Waals surface area contributed by atoms with Gasteiger partial charge in [-0.05, 0) is 36.1 Å². The third-order valence-corrected chi connectivity index (χ3v) is 4.09. The van der Waals surface area contributed by atoms with Crippen molar-refractivity contribution in [2.24, 2.45) is 0 Å². The molecule has 1 fully saturated rings. The maximum atomic E-state index is 13.3. The average molecular weight is 269 g/mol. The van der Waals surface area contributed by atoms with E-state index in [4.69, 9.17) is 0 Å². The molecule has 1 nitrogen and oxygen atoms in total. The Hall–Kier alpha value is -1.67. The molecule has 20 heavy (non-hydrogen) atoms. The number of halogens is 1. The van der Waals surface area contributed by atoms with Crippen molar-refractivity contribution in [1.82, 2.24) is 5.32 Å². The molecule has 0 bridgehead atoms. The van der Waals surface area contributed by atoms with Gasteiger partial charge in [0, 0.05) is 18.0 Å². The summed E-state index contributed by atoms with van der Waals surface area (Å²) in [7, 11) is 0. The van der Waals surface area contributed by atoms with Gasteiger partial charge >= 0.3 is 0 Å². The fourth-order valence-electron chi connectivity index (χ4n) is 2.88. The van der Waals surface area contributed by atoms with Crippen molar-refractivity contribution >= 4 is 0 Å². The minimum atomic E-state index is -0.154. The first-order valence-corrected chi connectivity index (χ1v) is 7.34. The minimum Gasteiger partial charge on any atom is -0.307 e. The summed E-state index contributed by atoms with van der Waals surface area (Å²) in [4.78, 5) is 0. The fraction of sp³-hybridized carbons (Fsp3) is 0.333. The highest BCUT2D eigenvalue weighted by atomic mass is 19.1. The summed E-state index contributed by atoms with van der Waals surface area (Å²) in [5.74, 6) is 0.456. The number of rotatable bonds is 5. The molecular weight excluding hydrogens is 249 g/mol. The van der Waals surface area contributed by atoms with Gasteiger partial charge in [-0.25, -0.2) is 4.39 Å². The van der Waals surface area contributed by atoms with Crippen LogP contribution >= 0.6 is 0 Å². The number of hydrogen-bond acceptors (Lipinski definition) is 1. The Balaban J connectivity index is 1.66. The van der Waals surface area contributed by atoms with Gasteiger partial charge in [-0.3, -0.25) is 0 Å². The quantitative estimate of drug-likeness (QED) is 0.847. The summed E-state index contributed by atoms with van der Waals surface area (Å²) < 4.78 is 13.3. The van der Waals surface area contributed by atoms with E-state index in [1.807, 2.05) is 6.07 Å². The maximum absolute atomic E-state index is 13.3. The van der Waals surface area contributed by atoms with Crippen LogP contribution in [0.2, 0.25) is 0 Å². The van der Waals surface area contributed by atoms with Crippen molar-refractivity contribution in [2.45, 2.75) is 37.8 Å². The summed E-state index contributed by atoms with van der Waals surface area (Å²) >= 11 is 0. The first-order valence-electron chi connectivity index (χ1n) is 7.34. The molecule has 0 saturated heterocycles. The molecule has 2 heteroatoms. The van der Waals surface area contributed by atoms with Gasteiger partial charge in [-0.1, -0.05) is 49.4 Å². The molecule has 1 saturated carbocycles. The van der Waals surface area contributed by atoms with Crippen molar-refractivity contribution in [1.29, 1.82) is 0 Å². The molecule has 1 aliphatic rings. The lowest BCUT2D eigenvalue weighted by Gasteiger charge is -2.17. The predicted octanol–water partition coefficient (Wildman–Crippen LogP) is 4.42. The molecule has 2 aromatic rings. The lowest BCUT2D eigenvalue weighted by Crippen LogP contribution is -2.24. The van der Waals surface area contributed by atoms with Crippen LogP contribution in [0.4, 0.5) is 4.39 Å². The van der Waals surface area contributed by atoms with Gasteiger partial charge < -0.3 is 5.32 Å². The summed E-state index contributed by atoms with van der Waals surface area (Å²) in [6, 6.07) is 18.3. The summed E-state index contributed by atoms with van der Waals surface area (Å²) in [5.41, 5.74) is 2.45. The average Bonchev–Trinajstić information content (AvgIpc) is 3.25. The summed E-state index contributed by atoms with van der Waals surface area (Å²) in [5, 5.41) is 3.67. The van der Waals surface area contributed by atoms with E-state index < -0.39 is 0 Å². The van der Waals surface area contributed by atoms with Crippen LogP contribution in [-0.2, 0) is 0 Å². The van der Waals surface area contributed by atoms with Crippen LogP contribution in [0.1, 0.15) is 42.9 Å². The number of hydrogen-bond donors (Lipinski definition) is 1. The molecule has 1 aliphatic carbocycles. The van der Waals surface area contributed by atoms with Crippen molar-refractivity contribution in [2.75, 3.05) is 0 Å². The van der Waals surface area contributed by atoms with E-state index in [0.717, 1.165) is 12.0 Å². The Kier molecular flexibility index (Phi) is 3.83. The molecule has 1 N–H and O–H groups in total. The second-order valence-electron chi connectivity index (χ2n) is 5.54. The third kappa shape index (κ3) is 2.91. The first-order chi connectivity index (χ1) is 9.78. The summed E-state index contributed by atoms with van der Waals surface area (Å²) in [6.45, 7) is 2.14. The molecule has 0 aliphatic heterocycles. The molecule has 3 atom stereocenters. The zero-order valence-electron chi connectivity index (χ0n) is 11.7. The van der Waals surface area contributed by atoms with E-state index >= 15 is 0 Å². The van der Waals surface area contributed by atoms with Gasteiger partial charge in [0.1, 0.15) is 5.82 Å². The van der Waals surface area contributed by atoms with Gasteiger partial charge in [0.25, 0.3) is 0 Å². The standard InChI is InChI=1S/C18H20FN/c1-2-17(14-9-6-10-15(19)11-14)20-18-12-16(18)13-7-4-3-5-8-13/h3-11,16-18,20H,2,12H2,1H3. The Morgan fingerprint density at radius 3 is 2.65 bits per heavy atom. The molecule has 0 amide bonds. The van der Waals surface area contributed by atoms with E-state index in [9.17, 15) is 4.39 Å². The smallest absolute Gasteiger partial charge is 0.123 e. The third-order valence-electron chi connectivity index (χ3n) is 4.09. The van der Waals surface area contributed by atoms with E-state index in [1.54, 1.807) is 12.1 Å². The largest absolute Gasteiger partial charge is 0.307 e. The zero-order chi connectivity index (χ0) is 13.9. The van der Waals surface area contributed by atoms with Gasteiger partial charge in [-0.2, -0.15) is 0 Å². The first kappa shape index (κ1) is 13.3. The fourth-order valence-corrected chi connectivity index (χ4v) is 2.88. The second kappa shape index (κ2) is 5.76. The molecule has 0 spiro atoms. The van der Waals surface area contributed by atoms with Crippen LogP contribution in [0.15, 0.2) is 54.6 Å². The molecule has 0 heterocycles. The zero-order valence-corrected chi connectivity index (χ0v) is 11.7. The van der Waals surface area contributed by atoms with E-state index in [2.05, 4.69) is 42.6 Å².